The molecule has 2 aromatic rings. The molecule has 0 bridgehead atoms. The van der Waals surface area contributed by atoms with Gasteiger partial charge in [-0.1, -0.05) is 6.07 Å². The van der Waals surface area contributed by atoms with Crippen LogP contribution in [0.3, 0.4) is 0 Å². The molecule has 0 radical (unpaired) electrons. The second kappa shape index (κ2) is 2.53. The molecule has 3 heteroatoms. The molecule has 0 atom stereocenters. The van der Waals surface area contributed by atoms with E-state index in [1.54, 1.807) is 6.07 Å². The Morgan fingerprint density at radius 1 is 1.42 bits per heavy atom. The Morgan fingerprint density at radius 2 is 2.25 bits per heavy atom. The Morgan fingerprint density at radius 3 is 3.00 bits per heavy atom. The Balaban J connectivity index is 2.83. The molecule has 0 saturated heterocycles. The van der Waals surface area contributed by atoms with Gasteiger partial charge in [0, 0.05) is 16.6 Å². The average molecular weight is 163 g/mol. The van der Waals surface area contributed by atoms with Gasteiger partial charge in [0.1, 0.15) is 5.58 Å². The molecule has 1 aromatic carbocycles. The van der Waals surface area contributed by atoms with Gasteiger partial charge in [-0.2, -0.15) is 0 Å². The molecule has 62 valence electrons. The predicted octanol–water partition coefficient (Wildman–Crippen LogP) is 1.51. The van der Waals surface area contributed by atoms with E-state index in [4.69, 9.17) is 15.3 Å². The Labute approximate surface area is 69.4 Å². The van der Waals surface area contributed by atoms with Crippen LogP contribution in [0.2, 0.25) is 0 Å². The summed E-state index contributed by atoms with van der Waals surface area (Å²) in [6, 6.07) is 5.43. The zero-order chi connectivity index (χ0) is 8.55. The topological polar surface area (TPSA) is 59.4 Å². The standard InChI is InChI=1S/C9H9NO2/c10-7-2-1-3-8-9(7)6(4-11)5-12-8/h1-3,5,11H,4,10H2. The van der Waals surface area contributed by atoms with Crippen LogP contribution < -0.4 is 5.73 Å². The number of aliphatic hydroxyl groups excluding tert-OH is 1. The number of rotatable bonds is 1. The molecule has 2 rings (SSSR count). The van der Waals surface area contributed by atoms with Crippen molar-refractivity contribution in [3.05, 3.63) is 30.0 Å². The van der Waals surface area contributed by atoms with Crippen LogP contribution in [0.15, 0.2) is 28.9 Å². The maximum Gasteiger partial charge on any atom is 0.136 e. The maximum atomic E-state index is 8.93. The van der Waals surface area contributed by atoms with Gasteiger partial charge in [-0.15, -0.1) is 0 Å². The molecule has 0 aliphatic heterocycles. The van der Waals surface area contributed by atoms with E-state index in [9.17, 15) is 0 Å². The van der Waals surface area contributed by atoms with Crippen LogP contribution in [-0.2, 0) is 6.61 Å². The molecule has 0 amide bonds. The zero-order valence-corrected chi connectivity index (χ0v) is 6.45. The van der Waals surface area contributed by atoms with Gasteiger partial charge in [-0.05, 0) is 12.1 Å². The highest BCUT2D eigenvalue weighted by atomic mass is 16.3. The quantitative estimate of drug-likeness (QED) is 0.626. The van der Waals surface area contributed by atoms with Gasteiger partial charge < -0.3 is 15.3 Å². The van der Waals surface area contributed by atoms with Gasteiger partial charge in [-0.3, -0.25) is 0 Å². The summed E-state index contributed by atoms with van der Waals surface area (Å²) in [6.07, 6.45) is 1.53. The fourth-order valence-corrected chi connectivity index (χ4v) is 1.30. The molecular weight excluding hydrogens is 154 g/mol. The minimum Gasteiger partial charge on any atom is -0.464 e. The van der Waals surface area contributed by atoms with E-state index < -0.39 is 0 Å². The first-order valence-electron chi connectivity index (χ1n) is 3.68. The molecule has 1 heterocycles. The van der Waals surface area contributed by atoms with E-state index in [-0.39, 0.29) is 6.61 Å². The minimum atomic E-state index is -0.0405. The smallest absolute Gasteiger partial charge is 0.136 e. The maximum absolute atomic E-state index is 8.93. The van der Waals surface area contributed by atoms with E-state index in [1.165, 1.54) is 6.26 Å². The predicted molar refractivity (Wildman–Crippen MR) is 46.5 cm³/mol. The van der Waals surface area contributed by atoms with Crippen molar-refractivity contribution >= 4 is 16.7 Å². The second-order valence-electron chi connectivity index (χ2n) is 2.64. The molecule has 3 N–H and O–H groups in total. The molecule has 0 spiro atoms. The third-order valence-electron chi connectivity index (χ3n) is 1.88. The molecular formula is C9H9NO2. The Hall–Kier alpha value is -1.48. The largest absolute Gasteiger partial charge is 0.464 e. The van der Waals surface area contributed by atoms with Crippen LogP contribution in [0, 0.1) is 0 Å². The van der Waals surface area contributed by atoms with Crippen molar-refractivity contribution in [3.8, 4) is 0 Å². The number of hydrogen-bond donors (Lipinski definition) is 2. The number of hydrogen-bond acceptors (Lipinski definition) is 3. The number of nitrogen functional groups attached to an aromatic ring is 1. The van der Waals surface area contributed by atoms with E-state index in [1.807, 2.05) is 12.1 Å². The van der Waals surface area contributed by atoms with Gasteiger partial charge in [-0.25, -0.2) is 0 Å². The Bertz CT molecular complexity index is 406. The lowest BCUT2D eigenvalue weighted by Gasteiger charge is -1.95. The van der Waals surface area contributed by atoms with Crippen molar-refractivity contribution in [2.45, 2.75) is 6.61 Å². The van der Waals surface area contributed by atoms with Crippen LogP contribution in [0.4, 0.5) is 5.69 Å². The van der Waals surface area contributed by atoms with Crippen LogP contribution in [-0.4, -0.2) is 5.11 Å². The van der Waals surface area contributed by atoms with Gasteiger partial charge in [0.2, 0.25) is 0 Å². The fourth-order valence-electron chi connectivity index (χ4n) is 1.30. The van der Waals surface area contributed by atoms with Gasteiger partial charge in [0.25, 0.3) is 0 Å². The van der Waals surface area contributed by atoms with Crippen molar-refractivity contribution in [2.75, 3.05) is 5.73 Å². The van der Waals surface area contributed by atoms with E-state index in [0.29, 0.717) is 5.69 Å². The lowest BCUT2D eigenvalue weighted by molar-refractivity contribution is 0.282. The second-order valence-corrected chi connectivity index (χ2v) is 2.64. The third-order valence-corrected chi connectivity index (χ3v) is 1.88. The fraction of sp³-hybridized carbons (Fsp3) is 0.111. The number of benzene rings is 1. The first-order valence-corrected chi connectivity index (χ1v) is 3.68. The van der Waals surface area contributed by atoms with Gasteiger partial charge in [0.15, 0.2) is 0 Å². The number of aliphatic hydroxyl groups is 1. The summed E-state index contributed by atoms with van der Waals surface area (Å²) in [6.45, 7) is -0.0405. The van der Waals surface area contributed by atoms with E-state index in [2.05, 4.69) is 0 Å². The summed E-state index contributed by atoms with van der Waals surface area (Å²) in [4.78, 5) is 0. The summed E-state index contributed by atoms with van der Waals surface area (Å²) in [5.41, 5.74) is 7.81. The monoisotopic (exact) mass is 163 g/mol. The zero-order valence-electron chi connectivity index (χ0n) is 6.45. The lowest BCUT2D eigenvalue weighted by Crippen LogP contribution is -1.87. The molecule has 0 aliphatic carbocycles. The summed E-state index contributed by atoms with van der Waals surface area (Å²) in [7, 11) is 0. The van der Waals surface area contributed by atoms with Crippen molar-refractivity contribution in [1.29, 1.82) is 0 Å². The lowest BCUT2D eigenvalue weighted by atomic mass is 10.1. The third kappa shape index (κ3) is 0.871. The first kappa shape index (κ1) is 7.18. The molecule has 0 fully saturated rings. The van der Waals surface area contributed by atoms with E-state index in [0.717, 1.165) is 16.5 Å². The highest BCUT2D eigenvalue weighted by Crippen LogP contribution is 2.26. The first-order chi connectivity index (χ1) is 5.83. The number of nitrogens with two attached hydrogens (primary N) is 1. The van der Waals surface area contributed by atoms with Crippen LogP contribution in [0.1, 0.15) is 5.56 Å². The molecule has 1 aromatic heterocycles. The highest BCUT2D eigenvalue weighted by molar-refractivity contribution is 5.92. The summed E-state index contributed by atoms with van der Waals surface area (Å²) >= 11 is 0. The summed E-state index contributed by atoms with van der Waals surface area (Å²) < 4.78 is 5.18. The minimum absolute atomic E-state index is 0.0405. The number of fused-ring (bicyclic) bond motifs is 1. The van der Waals surface area contributed by atoms with Crippen molar-refractivity contribution in [1.82, 2.24) is 0 Å². The molecule has 0 unspecified atom stereocenters. The summed E-state index contributed by atoms with van der Waals surface area (Å²) in [5.74, 6) is 0. The van der Waals surface area contributed by atoms with Crippen molar-refractivity contribution in [2.24, 2.45) is 0 Å². The summed E-state index contributed by atoms with van der Waals surface area (Å²) in [5, 5.41) is 9.75. The van der Waals surface area contributed by atoms with Gasteiger partial charge >= 0.3 is 0 Å². The SMILES string of the molecule is Nc1cccc2occ(CO)c12. The normalized spacial score (nSPS) is 10.8. The number of furan rings is 1. The van der Waals surface area contributed by atoms with Crippen LogP contribution >= 0.6 is 0 Å². The number of anilines is 1. The van der Waals surface area contributed by atoms with Crippen molar-refractivity contribution in [3.63, 3.8) is 0 Å². The van der Waals surface area contributed by atoms with Crippen LogP contribution in [0.25, 0.3) is 11.0 Å². The van der Waals surface area contributed by atoms with Crippen molar-refractivity contribution < 1.29 is 9.52 Å². The van der Waals surface area contributed by atoms with Crippen LogP contribution in [0.5, 0.6) is 0 Å². The molecule has 0 aliphatic rings. The van der Waals surface area contributed by atoms with E-state index >= 15 is 0 Å². The molecule has 3 nitrogen and oxygen atoms in total. The highest BCUT2D eigenvalue weighted by Gasteiger charge is 2.06. The molecule has 0 saturated carbocycles. The average Bonchev–Trinajstić information content (AvgIpc) is 2.49. The molecule has 12 heavy (non-hydrogen) atoms. The van der Waals surface area contributed by atoms with Gasteiger partial charge in [0.05, 0.1) is 12.9 Å². The Kier molecular flexibility index (Phi) is 1.52.